The summed E-state index contributed by atoms with van der Waals surface area (Å²) in [6.07, 6.45) is 0. The van der Waals surface area contributed by atoms with Crippen molar-refractivity contribution in [3.8, 4) is 5.75 Å². The topological polar surface area (TPSA) is 77.2 Å². The van der Waals surface area contributed by atoms with Crippen LogP contribution in [0.1, 0.15) is 16.2 Å². The lowest BCUT2D eigenvalue weighted by atomic mass is 10.3. The number of nitrogens with one attached hydrogen (secondary N) is 1. The van der Waals surface area contributed by atoms with Gasteiger partial charge in [-0.25, -0.2) is 15.2 Å². The van der Waals surface area contributed by atoms with Crippen LogP contribution in [-0.2, 0) is 6.61 Å². The monoisotopic (exact) mass is 339 g/mol. The summed E-state index contributed by atoms with van der Waals surface area (Å²) in [6.45, 7) is 0.118. The van der Waals surface area contributed by atoms with Crippen molar-refractivity contribution in [2.75, 3.05) is 0 Å². The van der Waals surface area contributed by atoms with Crippen LogP contribution < -0.4 is 16.0 Å². The minimum absolute atomic E-state index is 0.118. The molecule has 0 atom stereocenters. The third kappa shape index (κ3) is 3.52. The largest absolute Gasteiger partial charge is 0.487 e. The van der Waals surface area contributed by atoms with Gasteiger partial charge in [-0.3, -0.25) is 10.2 Å². The fourth-order valence-electron chi connectivity index (χ4n) is 1.48. The van der Waals surface area contributed by atoms with Gasteiger partial charge >= 0.3 is 0 Å². The average Bonchev–Trinajstić information content (AvgIpc) is 2.48. The van der Waals surface area contributed by atoms with Crippen molar-refractivity contribution >= 4 is 21.8 Å². The van der Waals surface area contributed by atoms with Gasteiger partial charge < -0.3 is 4.74 Å². The summed E-state index contributed by atoms with van der Waals surface area (Å²) in [5.41, 5.74) is 2.73. The van der Waals surface area contributed by atoms with Gasteiger partial charge in [-0.05, 0) is 40.2 Å². The van der Waals surface area contributed by atoms with E-state index in [2.05, 4.69) is 20.9 Å². The lowest BCUT2D eigenvalue weighted by Crippen LogP contribution is -2.30. The second-order valence-electron chi connectivity index (χ2n) is 3.85. The van der Waals surface area contributed by atoms with Gasteiger partial charge in [-0.1, -0.05) is 6.07 Å². The fraction of sp³-hybridized carbons (Fsp3) is 0.0769. The van der Waals surface area contributed by atoms with Gasteiger partial charge in [0.2, 0.25) is 0 Å². The van der Waals surface area contributed by atoms with Gasteiger partial charge in [0.25, 0.3) is 5.91 Å². The minimum Gasteiger partial charge on any atom is -0.487 e. The number of pyridine rings is 1. The van der Waals surface area contributed by atoms with Crippen molar-refractivity contribution in [3.05, 3.63) is 58.1 Å². The summed E-state index contributed by atoms with van der Waals surface area (Å²) in [7, 11) is 0. The molecule has 104 valence electrons. The zero-order valence-electron chi connectivity index (χ0n) is 10.3. The van der Waals surface area contributed by atoms with E-state index in [1.165, 1.54) is 12.1 Å². The van der Waals surface area contributed by atoms with E-state index in [4.69, 9.17) is 10.6 Å². The maximum atomic E-state index is 13.3. The van der Waals surface area contributed by atoms with Gasteiger partial charge in [0, 0.05) is 6.07 Å². The predicted octanol–water partition coefficient (Wildman–Crippen LogP) is 2.17. The molecule has 1 heterocycles. The fourth-order valence-corrected chi connectivity index (χ4v) is 1.73. The van der Waals surface area contributed by atoms with E-state index in [-0.39, 0.29) is 12.3 Å². The number of carbonyl (C=O) groups excluding carboxylic acids is 1. The molecule has 1 amide bonds. The van der Waals surface area contributed by atoms with Gasteiger partial charge in [0.15, 0.2) is 0 Å². The normalized spacial score (nSPS) is 10.2. The highest BCUT2D eigenvalue weighted by Crippen LogP contribution is 2.21. The zero-order chi connectivity index (χ0) is 14.5. The van der Waals surface area contributed by atoms with E-state index >= 15 is 0 Å². The minimum atomic E-state index is -0.485. The highest BCUT2D eigenvalue weighted by molar-refractivity contribution is 9.10. The number of hydrogen-bond donors (Lipinski definition) is 2. The number of amides is 1. The molecule has 2 aromatic rings. The first kappa shape index (κ1) is 14.4. The highest BCUT2D eigenvalue weighted by Gasteiger charge is 2.07. The van der Waals surface area contributed by atoms with Crippen LogP contribution in [0.2, 0.25) is 0 Å². The maximum absolute atomic E-state index is 13.3. The summed E-state index contributed by atoms with van der Waals surface area (Å²) in [4.78, 5) is 15.4. The average molecular weight is 340 g/mol. The number of benzene rings is 1. The van der Waals surface area contributed by atoms with Crippen molar-refractivity contribution in [2.24, 2.45) is 5.84 Å². The molecule has 1 aromatic heterocycles. The quantitative estimate of drug-likeness (QED) is 0.508. The molecule has 0 unspecified atom stereocenters. The first-order chi connectivity index (χ1) is 9.60. The molecule has 0 fully saturated rings. The number of halogens is 2. The Morgan fingerprint density at radius 1 is 1.40 bits per heavy atom. The smallest absolute Gasteiger partial charge is 0.283 e. The summed E-state index contributed by atoms with van der Waals surface area (Å²) >= 11 is 3.06. The van der Waals surface area contributed by atoms with Crippen molar-refractivity contribution in [1.29, 1.82) is 0 Å². The molecule has 0 aliphatic carbocycles. The molecule has 0 aliphatic rings. The highest BCUT2D eigenvalue weighted by atomic mass is 79.9. The molecular formula is C13H11BrFN3O2. The molecule has 1 aromatic carbocycles. The SMILES string of the molecule is NNC(=O)c1cccc(COc2ccc(Br)c(F)c2)n1. The van der Waals surface area contributed by atoms with Crippen LogP contribution in [0.3, 0.4) is 0 Å². The van der Waals surface area contributed by atoms with Crippen LogP contribution in [0, 0.1) is 5.82 Å². The first-order valence-electron chi connectivity index (χ1n) is 5.65. The Kier molecular flexibility index (Phi) is 4.65. The molecule has 0 bridgehead atoms. The first-order valence-corrected chi connectivity index (χ1v) is 6.44. The van der Waals surface area contributed by atoms with Crippen molar-refractivity contribution < 1.29 is 13.9 Å². The number of hydrogen-bond acceptors (Lipinski definition) is 4. The lowest BCUT2D eigenvalue weighted by Gasteiger charge is -2.07. The van der Waals surface area contributed by atoms with Gasteiger partial charge in [-0.15, -0.1) is 0 Å². The molecule has 0 radical (unpaired) electrons. The van der Waals surface area contributed by atoms with E-state index in [0.29, 0.717) is 15.9 Å². The summed E-state index contributed by atoms with van der Waals surface area (Å²) in [6, 6.07) is 9.34. The third-order valence-corrected chi connectivity index (χ3v) is 3.09. The Balaban J connectivity index is 2.07. The molecule has 0 aliphatic heterocycles. The zero-order valence-corrected chi connectivity index (χ0v) is 11.9. The van der Waals surface area contributed by atoms with E-state index in [1.807, 2.05) is 5.43 Å². The number of carbonyl (C=O) groups is 1. The Bertz CT molecular complexity index is 637. The molecule has 20 heavy (non-hydrogen) atoms. The standard InChI is InChI=1S/C13H11BrFN3O2/c14-10-5-4-9(6-11(10)15)20-7-8-2-1-3-12(17-8)13(19)18-16/h1-6H,7,16H2,(H,18,19). The number of nitrogens with two attached hydrogens (primary N) is 1. The summed E-state index contributed by atoms with van der Waals surface area (Å²) in [5, 5.41) is 0. The Hall–Kier alpha value is -1.99. The van der Waals surface area contributed by atoms with Gasteiger partial charge in [-0.2, -0.15) is 0 Å². The number of ether oxygens (including phenoxy) is 1. The molecule has 0 saturated heterocycles. The number of aromatic nitrogens is 1. The van der Waals surface area contributed by atoms with Crippen LogP contribution in [0.5, 0.6) is 5.75 Å². The van der Waals surface area contributed by atoms with E-state index in [0.717, 1.165) is 0 Å². The van der Waals surface area contributed by atoms with E-state index in [9.17, 15) is 9.18 Å². The third-order valence-electron chi connectivity index (χ3n) is 2.45. The molecule has 3 N–H and O–H groups in total. The number of nitrogens with zero attached hydrogens (tertiary/aromatic N) is 1. The number of nitrogen functional groups attached to an aromatic ring is 1. The van der Waals surface area contributed by atoms with Crippen LogP contribution in [0.4, 0.5) is 4.39 Å². The van der Waals surface area contributed by atoms with Crippen molar-refractivity contribution in [1.82, 2.24) is 10.4 Å². The van der Waals surface area contributed by atoms with Crippen molar-refractivity contribution in [2.45, 2.75) is 6.61 Å². The predicted molar refractivity (Wildman–Crippen MR) is 74.3 cm³/mol. The second kappa shape index (κ2) is 6.44. The summed E-state index contributed by atoms with van der Waals surface area (Å²) in [5.74, 6) is 4.51. The molecule has 5 nitrogen and oxygen atoms in total. The summed E-state index contributed by atoms with van der Waals surface area (Å²) < 4.78 is 19.1. The molecule has 0 saturated carbocycles. The Morgan fingerprint density at radius 2 is 2.20 bits per heavy atom. The van der Waals surface area contributed by atoms with Crippen LogP contribution in [0.25, 0.3) is 0 Å². The second-order valence-corrected chi connectivity index (χ2v) is 4.71. The Labute approximate surface area is 123 Å². The van der Waals surface area contributed by atoms with Crippen LogP contribution in [-0.4, -0.2) is 10.9 Å². The Morgan fingerprint density at radius 3 is 2.90 bits per heavy atom. The maximum Gasteiger partial charge on any atom is 0.283 e. The molecule has 2 rings (SSSR count). The molecule has 0 spiro atoms. The number of rotatable bonds is 4. The van der Waals surface area contributed by atoms with E-state index < -0.39 is 11.7 Å². The van der Waals surface area contributed by atoms with Gasteiger partial charge in [0.05, 0.1) is 10.2 Å². The molecule has 7 heteroatoms. The van der Waals surface area contributed by atoms with Crippen LogP contribution in [0.15, 0.2) is 40.9 Å². The molecular weight excluding hydrogens is 329 g/mol. The van der Waals surface area contributed by atoms with Gasteiger partial charge in [0.1, 0.15) is 23.9 Å². The van der Waals surface area contributed by atoms with Crippen molar-refractivity contribution in [3.63, 3.8) is 0 Å². The van der Waals surface area contributed by atoms with E-state index in [1.54, 1.807) is 24.3 Å². The lowest BCUT2D eigenvalue weighted by molar-refractivity contribution is 0.0948. The number of hydrazine groups is 1. The van der Waals surface area contributed by atoms with Crippen LogP contribution >= 0.6 is 15.9 Å².